The van der Waals surface area contributed by atoms with Crippen molar-refractivity contribution in [3.63, 3.8) is 0 Å². The van der Waals surface area contributed by atoms with Crippen molar-refractivity contribution in [2.45, 2.75) is 25.9 Å². The number of Topliss-reactive ketones (excluding diaryl/α,β-unsaturated/α-hetero) is 1. The average molecular weight is 271 g/mol. The first-order valence-corrected chi connectivity index (χ1v) is 6.43. The Hall–Kier alpha value is -1.47. The van der Waals surface area contributed by atoms with Crippen molar-refractivity contribution in [1.29, 1.82) is 0 Å². The molecule has 0 N–H and O–H groups in total. The minimum Gasteiger partial charge on any atom is -0.476 e. The second kappa shape index (κ2) is 5.45. The summed E-state index contributed by atoms with van der Waals surface area (Å²) in [5.41, 5.74) is -0.150. The van der Waals surface area contributed by atoms with Crippen LogP contribution in [0.4, 0.5) is 5.69 Å². The van der Waals surface area contributed by atoms with Crippen LogP contribution < -0.4 is 4.74 Å². The van der Waals surface area contributed by atoms with Crippen molar-refractivity contribution >= 4 is 22.8 Å². The van der Waals surface area contributed by atoms with Crippen LogP contribution in [0, 0.1) is 10.1 Å². The standard InChI is InChI=1S/C11H13NO5S/c1-7(13)10-5-9(12(14)15)11(18-10)17-6-8-3-2-4-16-8/h5,8H,2-4,6H2,1H3. The Balaban J connectivity index is 2.09. The summed E-state index contributed by atoms with van der Waals surface area (Å²) < 4.78 is 10.8. The molecule has 2 heterocycles. The van der Waals surface area contributed by atoms with Gasteiger partial charge in [0.05, 0.1) is 15.9 Å². The third-order valence-corrected chi connectivity index (χ3v) is 3.79. The highest BCUT2D eigenvalue weighted by Gasteiger charge is 2.24. The normalized spacial score (nSPS) is 18.8. The number of hydrogen-bond donors (Lipinski definition) is 0. The van der Waals surface area contributed by atoms with Crippen LogP contribution in [-0.4, -0.2) is 30.0 Å². The molecular formula is C11H13NO5S. The van der Waals surface area contributed by atoms with Crippen LogP contribution in [0.5, 0.6) is 5.06 Å². The number of nitrogens with zero attached hydrogens (tertiary/aromatic N) is 1. The van der Waals surface area contributed by atoms with Gasteiger partial charge in [-0.3, -0.25) is 14.9 Å². The number of ether oxygens (including phenoxy) is 2. The molecule has 1 aromatic heterocycles. The van der Waals surface area contributed by atoms with Gasteiger partial charge in [0, 0.05) is 12.7 Å². The second-order valence-electron chi connectivity index (χ2n) is 4.04. The molecule has 98 valence electrons. The van der Waals surface area contributed by atoms with E-state index in [1.807, 2.05) is 0 Å². The predicted molar refractivity (Wildman–Crippen MR) is 65.4 cm³/mol. The fourth-order valence-electron chi connectivity index (χ4n) is 1.71. The molecule has 0 radical (unpaired) electrons. The van der Waals surface area contributed by atoms with Crippen LogP contribution in [-0.2, 0) is 4.74 Å². The molecule has 1 unspecified atom stereocenters. The average Bonchev–Trinajstić information content (AvgIpc) is 2.95. The third-order valence-electron chi connectivity index (χ3n) is 2.65. The largest absolute Gasteiger partial charge is 0.476 e. The van der Waals surface area contributed by atoms with E-state index in [9.17, 15) is 14.9 Å². The molecule has 2 rings (SSSR count). The maximum Gasteiger partial charge on any atom is 0.323 e. The van der Waals surface area contributed by atoms with Crippen molar-refractivity contribution in [3.8, 4) is 5.06 Å². The van der Waals surface area contributed by atoms with E-state index in [2.05, 4.69) is 0 Å². The molecule has 1 fully saturated rings. The highest BCUT2D eigenvalue weighted by atomic mass is 32.1. The van der Waals surface area contributed by atoms with E-state index in [0.717, 1.165) is 24.2 Å². The lowest BCUT2D eigenvalue weighted by Gasteiger charge is -2.09. The van der Waals surface area contributed by atoms with Gasteiger partial charge in [-0.25, -0.2) is 0 Å². The van der Waals surface area contributed by atoms with Gasteiger partial charge in [-0.15, -0.1) is 0 Å². The molecular weight excluding hydrogens is 258 g/mol. The summed E-state index contributed by atoms with van der Waals surface area (Å²) in [7, 11) is 0. The summed E-state index contributed by atoms with van der Waals surface area (Å²) in [5.74, 6) is -0.199. The molecule has 0 amide bonds. The van der Waals surface area contributed by atoms with Crippen molar-refractivity contribution in [3.05, 3.63) is 21.1 Å². The number of hydrogen-bond acceptors (Lipinski definition) is 6. The molecule has 18 heavy (non-hydrogen) atoms. The molecule has 6 nitrogen and oxygen atoms in total. The Morgan fingerprint density at radius 1 is 1.72 bits per heavy atom. The summed E-state index contributed by atoms with van der Waals surface area (Å²) in [6.07, 6.45) is 1.88. The lowest BCUT2D eigenvalue weighted by molar-refractivity contribution is -0.385. The Kier molecular flexibility index (Phi) is 3.93. The van der Waals surface area contributed by atoms with Crippen molar-refractivity contribution < 1.29 is 19.2 Å². The number of thiophene rings is 1. The zero-order valence-corrected chi connectivity index (χ0v) is 10.7. The van der Waals surface area contributed by atoms with Gasteiger partial charge < -0.3 is 9.47 Å². The Bertz CT molecular complexity index is 464. The number of carbonyl (C=O) groups excluding carboxylic acids is 1. The first-order chi connectivity index (χ1) is 8.58. The fraction of sp³-hybridized carbons (Fsp3) is 0.545. The van der Waals surface area contributed by atoms with E-state index in [4.69, 9.17) is 9.47 Å². The van der Waals surface area contributed by atoms with Crippen molar-refractivity contribution in [1.82, 2.24) is 0 Å². The number of nitro groups is 1. The Morgan fingerprint density at radius 3 is 3.06 bits per heavy atom. The summed E-state index contributed by atoms with van der Waals surface area (Å²) in [4.78, 5) is 21.8. The highest BCUT2D eigenvalue weighted by molar-refractivity contribution is 7.16. The first-order valence-electron chi connectivity index (χ1n) is 5.61. The van der Waals surface area contributed by atoms with E-state index in [-0.39, 0.29) is 22.6 Å². The zero-order chi connectivity index (χ0) is 13.1. The molecule has 0 bridgehead atoms. The quantitative estimate of drug-likeness (QED) is 0.467. The monoisotopic (exact) mass is 271 g/mol. The Labute approximate surface area is 108 Å². The van der Waals surface area contributed by atoms with E-state index < -0.39 is 4.92 Å². The smallest absolute Gasteiger partial charge is 0.323 e. The zero-order valence-electron chi connectivity index (χ0n) is 9.88. The minimum absolute atomic E-state index is 0.00696. The van der Waals surface area contributed by atoms with Crippen LogP contribution in [0.25, 0.3) is 0 Å². The van der Waals surface area contributed by atoms with Gasteiger partial charge in [-0.1, -0.05) is 11.3 Å². The highest BCUT2D eigenvalue weighted by Crippen LogP contribution is 2.37. The van der Waals surface area contributed by atoms with Crippen molar-refractivity contribution in [2.75, 3.05) is 13.2 Å². The van der Waals surface area contributed by atoms with E-state index >= 15 is 0 Å². The molecule has 0 saturated carbocycles. The van der Waals surface area contributed by atoms with Gasteiger partial charge in [-0.05, 0) is 19.8 Å². The van der Waals surface area contributed by atoms with Gasteiger partial charge in [-0.2, -0.15) is 0 Å². The van der Waals surface area contributed by atoms with Crippen LogP contribution in [0.15, 0.2) is 6.07 Å². The summed E-state index contributed by atoms with van der Waals surface area (Å²) in [6, 6.07) is 1.26. The second-order valence-corrected chi connectivity index (χ2v) is 5.06. The summed E-state index contributed by atoms with van der Waals surface area (Å²) in [5, 5.41) is 11.0. The molecule has 1 saturated heterocycles. The molecule has 1 aliphatic rings. The first kappa shape index (κ1) is 13.0. The molecule has 0 spiro atoms. The Morgan fingerprint density at radius 2 is 2.50 bits per heavy atom. The molecule has 1 aromatic rings. The van der Waals surface area contributed by atoms with Crippen LogP contribution >= 0.6 is 11.3 Å². The van der Waals surface area contributed by atoms with E-state index in [1.165, 1.54) is 13.0 Å². The molecule has 7 heteroatoms. The van der Waals surface area contributed by atoms with Gasteiger partial charge >= 0.3 is 5.69 Å². The molecule has 0 aromatic carbocycles. The number of ketones is 1. The van der Waals surface area contributed by atoms with E-state index in [1.54, 1.807) is 0 Å². The van der Waals surface area contributed by atoms with Gasteiger partial charge in [0.2, 0.25) is 0 Å². The van der Waals surface area contributed by atoms with Gasteiger partial charge in [0.25, 0.3) is 5.06 Å². The number of rotatable bonds is 5. The third kappa shape index (κ3) is 2.85. The maximum atomic E-state index is 11.2. The lowest BCUT2D eigenvalue weighted by Crippen LogP contribution is -2.16. The SMILES string of the molecule is CC(=O)c1cc([N+](=O)[O-])c(OCC2CCCO2)s1. The lowest BCUT2D eigenvalue weighted by atomic mass is 10.2. The molecule has 1 atom stereocenters. The molecule has 0 aliphatic carbocycles. The minimum atomic E-state index is -0.534. The summed E-state index contributed by atoms with van der Waals surface area (Å²) >= 11 is 1.01. The summed E-state index contributed by atoms with van der Waals surface area (Å²) in [6.45, 7) is 2.37. The van der Waals surface area contributed by atoms with Gasteiger partial charge in [0.1, 0.15) is 6.61 Å². The predicted octanol–water partition coefficient (Wildman–Crippen LogP) is 2.42. The van der Waals surface area contributed by atoms with Gasteiger partial charge in [0.15, 0.2) is 5.78 Å². The maximum absolute atomic E-state index is 11.2. The van der Waals surface area contributed by atoms with Crippen LogP contribution in [0.1, 0.15) is 29.4 Å². The molecule has 1 aliphatic heterocycles. The number of carbonyl (C=O) groups is 1. The van der Waals surface area contributed by atoms with Crippen LogP contribution in [0.2, 0.25) is 0 Å². The fourth-order valence-corrected chi connectivity index (χ4v) is 2.59. The van der Waals surface area contributed by atoms with E-state index in [0.29, 0.717) is 18.1 Å². The van der Waals surface area contributed by atoms with Crippen LogP contribution in [0.3, 0.4) is 0 Å². The van der Waals surface area contributed by atoms with Crippen molar-refractivity contribution in [2.24, 2.45) is 0 Å². The topological polar surface area (TPSA) is 78.7 Å².